The lowest BCUT2D eigenvalue weighted by molar-refractivity contribution is -0.132. The molecule has 1 saturated carbocycles. The highest BCUT2D eigenvalue weighted by Crippen LogP contribution is 2.22. The standard InChI is InChI=1S/C17H22N2O/c1-19(16-5-3-2-4-6-16)17(20)12-11-14-7-9-15(13-18)10-8-14/h7-10,16H,2-6,11-12H2,1H3. The summed E-state index contributed by atoms with van der Waals surface area (Å²) >= 11 is 0. The topological polar surface area (TPSA) is 44.1 Å². The number of aryl methyl sites for hydroxylation is 1. The van der Waals surface area contributed by atoms with E-state index in [1.807, 2.05) is 36.2 Å². The van der Waals surface area contributed by atoms with Crippen LogP contribution in [0.1, 0.15) is 49.7 Å². The maximum atomic E-state index is 12.2. The highest BCUT2D eigenvalue weighted by molar-refractivity contribution is 5.76. The molecule has 0 heterocycles. The molecule has 20 heavy (non-hydrogen) atoms. The summed E-state index contributed by atoms with van der Waals surface area (Å²) in [6, 6.07) is 10.0. The van der Waals surface area contributed by atoms with Crippen LogP contribution in [-0.2, 0) is 11.2 Å². The summed E-state index contributed by atoms with van der Waals surface area (Å²) in [7, 11) is 1.94. The third kappa shape index (κ3) is 3.84. The molecular formula is C17H22N2O. The van der Waals surface area contributed by atoms with E-state index in [2.05, 4.69) is 6.07 Å². The Morgan fingerprint density at radius 1 is 1.25 bits per heavy atom. The normalized spacial score (nSPS) is 15.6. The molecule has 1 aromatic rings. The molecule has 0 aliphatic heterocycles. The molecule has 1 fully saturated rings. The third-order valence-corrected chi connectivity index (χ3v) is 4.23. The van der Waals surface area contributed by atoms with Crippen molar-refractivity contribution < 1.29 is 4.79 Å². The van der Waals surface area contributed by atoms with Crippen LogP contribution < -0.4 is 0 Å². The Bertz CT molecular complexity index is 481. The molecule has 0 saturated heterocycles. The van der Waals surface area contributed by atoms with Crippen LogP contribution >= 0.6 is 0 Å². The molecule has 0 bridgehead atoms. The van der Waals surface area contributed by atoms with Gasteiger partial charge in [-0.05, 0) is 37.0 Å². The molecule has 1 aromatic carbocycles. The zero-order valence-electron chi connectivity index (χ0n) is 12.1. The minimum absolute atomic E-state index is 0.237. The molecule has 3 nitrogen and oxygen atoms in total. The number of carbonyl (C=O) groups excluding carboxylic acids is 1. The van der Waals surface area contributed by atoms with E-state index in [1.165, 1.54) is 19.3 Å². The fraction of sp³-hybridized carbons (Fsp3) is 0.529. The number of hydrogen-bond donors (Lipinski definition) is 0. The van der Waals surface area contributed by atoms with E-state index in [1.54, 1.807) is 0 Å². The van der Waals surface area contributed by atoms with Gasteiger partial charge in [0.25, 0.3) is 0 Å². The van der Waals surface area contributed by atoms with E-state index < -0.39 is 0 Å². The van der Waals surface area contributed by atoms with Crippen molar-refractivity contribution in [3.8, 4) is 6.07 Å². The van der Waals surface area contributed by atoms with Gasteiger partial charge in [0, 0.05) is 19.5 Å². The Hall–Kier alpha value is -1.82. The molecule has 1 amide bonds. The molecular weight excluding hydrogens is 248 g/mol. The van der Waals surface area contributed by atoms with Gasteiger partial charge in [0.15, 0.2) is 0 Å². The fourth-order valence-corrected chi connectivity index (χ4v) is 2.85. The first-order valence-corrected chi connectivity index (χ1v) is 7.45. The summed E-state index contributed by atoms with van der Waals surface area (Å²) in [5, 5.41) is 8.75. The highest BCUT2D eigenvalue weighted by Gasteiger charge is 2.21. The Kier molecular flexibility index (Phi) is 5.17. The van der Waals surface area contributed by atoms with Gasteiger partial charge in [0.2, 0.25) is 5.91 Å². The lowest BCUT2D eigenvalue weighted by Crippen LogP contribution is -2.38. The van der Waals surface area contributed by atoms with Gasteiger partial charge >= 0.3 is 0 Å². The monoisotopic (exact) mass is 270 g/mol. The maximum absolute atomic E-state index is 12.2. The van der Waals surface area contributed by atoms with Crippen molar-refractivity contribution in [2.24, 2.45) is 0 Å². The van der Waals surface area contributed by atoms with Crippen LogP contribution in [0.5, 0.6) is 0 Å². The van der Waals surface area contributed by atoms with E-state index in [0.29, 0.717) is 18.0 Å². The molecule has 0 atom stereocenters. The number of rotatable bonds is 4. The van der Waals surface area contributed by atoms with E-state index in [9.17, 15) is 4.79 Å². The van der Waals surface area contributed by atoms with Gasteiger partial charge in [0.1, 0.15) is 0 Å². The maximum Gasteiger partial charge on any atom is 0.222 e. The average molecular weight is 270 g/mol. The Balaban J connectivity index is 1.83. The van der Waals surface area contributed by atoms with Gasteiger partial charge in [-0.25, -0.2) is 0 Å². The summed E-state index contributed by atoms with van der Waals surface area (Å²) in [6.07, 6.45) is 7.41. The van der Waals surface area contributed by atoms with E-state index in [4.69, 9.17) is 5.26 Å². The zero-order chi connectivity index (χ0) is 14.4. The SMILES string of the molecule is CN(C(=O)CCc1ccc(C#N)cc1)C1CCCCC1. The second-order valence-corrected chi connectivity index (χ2v) is 5.61. The fourth-order valence-electron chi connectivity index (χ4n) is 2.85. The van der Waals surface area contributed by atoms with Crippen LogP contribution in [-0.4, -0.2) is 23.9 Å². The number of benzene rings is 1. The van der Waals surface area contributed by atoms with E-state index >= 15 is 0 Å². The summed E-state index contributed by atoms with van der Waals surface area (Å²) in [5.74, 6) is 0.237. The lowest BCUT2D eigenvalue weighted by Gasteiger charge is -2.31. The summed E-state index contributed by atoms with van der Waals surface area (Å²) < 4.78 is 0. The van der Waals surface area contributed by atoms with Crippen molar-refractivity contribution in [2.75, 3.05) is 7.05 Å². The molecule has 3 heteroatoms. The third-order valence-electron chi connectivity index (χ3n) is 4.23. The zero-order valence-corrected chi connectivity index (χ0v) is 12.1. The largest absolute Gasteiger partial charge is 0.343 e. The van der Waals surface area contributed by atoms with Gasteiger partial charge in [-0.15, -0.1) is 0 Å². The number of carbonyl (C=O) groups is 1. The van der Waals surface area contributed by atoms with E-state index in [0.717, 1.165) is 24.8 Å². The number of nitriles is 1. The van der Waals surface area contributed by atoms with Gasteiger partial charge in [-0.1, -0.05) is 31.4 Å². The minimum atomic E-state index is 0.237. The van der Waals surface area contributed by atoms with Gasteiger partial charge < -0.3 is 4.90 Å². The molecule has 0 radical (unpaired) electrons. The first kappa shape index (κ1) is 14.6. The molecule has 106 valence electrons. The summed E-state index contributed by atoms with van der Waals surface area (Å²) in [5.41, 5.74) is 1.79. The molecule has 0 N–H and O–H groups in total. The smallest absolute Gasteiger partial charge is 0.222 e. The van der Waals surface area contributed by atoms with Gasteiger partial charge in [0.05, 0.1) is 11.6 Å². The van der Waals surface area contributed by atoms with Crippen molar-refractivity contribution in [3.63, 3.8) is 0 Å². The van der Waals surface area contributed by atoms with E-state index in [-0.39, 0.29) is 5.91 Å². The second kappa shape index (κ2) is 7.09. The number of amides is 1. The van der Waals surface area contributed by atoms with Crippen LogP contribution in [0.2, 0.25) is 0 Å². The summed E-state index contributed by atoms with van der Waals surface area (Å²) in [6.45, 7) is 0. The van der Waals surface area contributed by atoms with Crippen LogP contribution in [0, 0.1) is 11.3 Å². The quantitative estimate of drug-likeness (QED) is 0.842. The Labute approximate surface area is 121 Å². The first-order valence-electron chi connectivity index (χ1n) is 7.45. The van der Waals surface area contributed by atoms with Crippen LogP contribution in [0.15, 0.2) is 24.3 Å². The lowest BCUT2D eigenvalue weighted by atomic mass is 9.94. The molecule has 1 aliphatic rings. The predicted octanol–water partition coefficient (Wildman–Crippen LogP) is 3.28. The van der Waals surface area contributed by atoms with Crippen molar-refractivity contribution in [1.82, 2.24) is 4.90 Å². The van der Waals surface area contributed by atoms with Gasteiger partial charge in [-0.2, -0.15) is 5.26 Å². The molecule has 0 unspecified atom stereocenters. The van der Waals surface area contributed by atoms with Gasteiger partial charge in [-0.3, -0.25) is 4.79 Å². The van der Waals surface area contributed by atoms with Crippen molar-refractivity contribution in [1.29, 1.82) is 5.26 Å². The molecule has 0 spiro atoms. The summed E-state index contributed by atoms with van der Waals surface area (Å²) in [4.78, 5) is 14.2. The van der Waals surface area contributed by atoms with Crippen molar-refractivity contribution in [2.45, 2.75) is 51.0 Å². The minimum Gasteiger partial charge on any atom is -0.343 e. The molecule has 1 aliphatic carbocycles. The van der Waals surface area contributed by atoms with Crippen LogP contribution in [0.25, 0.3) is 0 Å². The first-order chi connectivity index (χ1) is 9.70. The number of nitrogens with zero attached hydrogens (tertiary/aromatic N) is 2. The number of hydrogen-bond acceptors (Lipinski definition) is 2. The second-order valence-electron chi connectivity index (χ2n) is 5.61. The highest BCUT2D eigenvalue weighted by atomic mass is 16.2. The predicted molar refractivity (Wildman–Crippen MR) is 79.1 cm³/mol. The van der Waals surface area contributed by atoms with Crippen molar-refractivity contribution in [3.05, 3.63) is 35.4 Å². The molecule has 2 rings (SSSR count). The van der Waals surface area contributed by atoms with Crippen LogP contribution in [0.4, 0.5) is 0 Å². The molecule has 0 aromatic heterocycles. The Morgan fingerprint density at radius 3 is 2.50 bits per heavy atom. The average Bonchev–Trinajstić information content (AvgIpc) is 2.53. The Morgan fingerprint density at radius 2 is 1.90 bits per heavy atom. The van der Waals surface area contributed by atoms with Crippen LogP contribution in [0.3, 0.4) is 0 Å². The van der Waals surface area contributed by atoms with Crippen molar-refractivity contribution >= 4 is 5.91 Å².